The lowest BCUT2D eigenvalue weighted by Crippen LogP contribution is -2.42. The van der Waals surface area contributed by atoms with Gasteiger partial charge in [0, 0.05) is 12.5 Å². The lowest BCUT2D eigenvalue weighted by Gasteiger charge is -2.22. The molecule has 1 saturated carbocycles. The molecule has 0 saturated heterocycles. The van der Waals surface area contributed by atoms with Gasteiger partial charge in [0.05, 0.1) is 17.1 Å². The predicted octanol–water partition coefficient (Wildman–Crippen LogP) is 2.79. The van der Waals surface area contributed by atoms with Crippen molar-refractivity contribution < 1.29 is 9.66 Å². The smallest absolute Gasteiger partial charge is 0.273 e. The maximum Gasteiger partial charge on any atom is 0.273 e. The molecular formula is C15H19N3O3. The summed E-state index contributed by atoms with van der Waals surface area (Å²) in [4.78, 5) is 10.3. The number of rotatable bonds is 6. The van der Waals surface area contributed by atoms with Crippen LogP contribution in [0.15, 0.2) is 24.3 Å². The van der Waals surface area contributed by atoms with Crippen molar-refractivity contribution in [3.63, 3.8) is 0 Å². The van der Waals surface area contributed by atoms with Crippen molar-refractivity contribution in [1.29, 1.82) is 5.26 Å². The molecule has 0 aliphatic heterocycles. The number of nitrogens with one attached hydrogen (secondary N) is 1. The van der Waals surface area contributed by atoms with E-state index in [0.717, 1.165) is 25.8 Å². The number of non-ortho nitro benzene ring substituents is 1. The third-order valence-electron chi connectivity index (χ3n) is 3.73. The van der Waals surface area contributed by atoms with Crippen molar-refractivity contribution in [2.24, 2.45) is 0 Å². The Bertz CT molecular complexity index is 555. The summed E-state index contributed by atoms with van der Waals surface area (Å²) in [5.74, 6) is 0.485. The summed E-state index contributed by atoms with van der Waals surface area (Å²) in [5.41, 5.74) is -0.511. The van der Waals surface area contributed by atoms with Gasteiger partial charge in [0.1, 0.15) is 17.4 Å². The van der Waals surface area contributed by atoms with Gasteiger partial charge >= 0.3 is 0 Å². The highest BCUT2D eigenvalue weighted by molar-refractivity contribution is 5.38. The Hall–Kier alpha value is -2.13. The second kappa shape index (κ2) is 6.55. The van der Waals surface area contributed by atoms with E-state index in [4.69, 9.17) is 4.74 Å². The van der Waals surface area contributed by atoms with Crippen molar-refractivity contribution in [3.8, 4) is 11.8 Å². The average Bonchev–Trinajstić information content (AvgIpc) is 2.89. The molecule has 1 aromatic carbocycles. The van der Waals surface area contributed by atoms with Crippen LogP contribution in [0.2, 0.25) is 0 Å². The molecule has 1 N–H and O–H groups in total. The van der Waals surface area contributed by atoms with Crippen LogP contribution < -0.4 is 10.1 Å². The van der Waals surface area contributed by atoms with E-state index in [1.54, 1.807) is 12.1 Å². The number of hydrogen-bond donors (Lipinski definition) is 1. The Balaban J connectivity index is 2.00. The van der Waals surface area contributed by atoms with Gasteiger partial charge in [0.2, 0.25) is 0 Å². The summed E-state index contributed by atoms with van der Waals surface area (Å²) >= 11 is 0. The first-order chi connectivity index (χ1) is 10.1. The number of ether oxygens (including phenoxy) is 1. The third kappa shape index (κ3) is 3.70. The van der Waals surface area contributed by atoms with E-state index < -0.39 is 10.5 Å². The van der Waals surface area contributed by atoms with Gasteiger partial charge in [-0.05, 0) is 31.9 Å². The molecule has 0 aromatic heterocycles. The highest BCUT2D eigenvalue weighted by atomic mass is 16.6. The maximum atomic E-state index is 10.8. The summed E-state index contributed by atoms with van der Waals surface area (Å²) in [6, 6.07) is 8.53. The number of nitro groups is 1. The quantitative estimate of drug-likeness (QED) is 0.642. The first kappa shape index (κ1) is 15.3. The molecule has 1 aliphatic carbocycles. The van der Waals surface area contributed by atoms with Gasteiger partial charge in [0.25, 0.3) is 5.69 Å². The Morgan fingerprint density at radius 1 is 1.62 bits per heavy atom. The topological polar surface area (TPSA) is 88.2 Å². The molecule has 1 aromatic rings. The molecule has 112 valence electrons. The normalized spacial score (nSPS) is 24.5. The van der Waals surface area contributed by atoms with Gasteiger partial charge < -0.3 is 4.74 Å². The van der Waals surface area contributed by atoms with Crippen LogP contribution in [0.25, 0.3) is 0 Å². The van der Waals surface area contributed by atoms with E-state index >= 15 is 0 Å². The highest BCUT2D eigenvalue weighted by Crippen LogP contribution is 2.33. The molecule has 2 rings (SSSR count). The molecule has 21 heavy (non-hydrogen) atoms. The highest BCUT2D eigenvalue weighted by Gasteiger charge is 2.40. The van der Waals surface area contributed by atoms with Crippen LogP contribution in [0.4, 0.5) is 5.69 Å². The monoisotopic (exact) mass is 289 g/mol. The number of nitrogens with zero attached hydrogens (tertiary/aromatic N) is 2. The molecule has 2 atom stereocenters. The van der Waals surface area contributed by atoms with Gasteiger partial charge in [-0.15, -0.1) is 0 Å². The molecule has 0 bridgehead atoms. The van der Waals surface area contributed by atoms with Crippen molar-refractivity contribution in [1.82, 2.24) is 5.32 Å². The van der Waals surface area contributed by atoms with E-state index in [1.165, 1.54) is 12.1 Å². The van der Waals surface area contributed by atoms with Crippen molar-refractivity contribution in [3.05, 3.63) is 34.4 Å². The van der Waals surface area contributed by atoms with E-state index in [0.29, 0.717) is 12.2 Å². The lowest BCUT2D eigenvalue weighted by molar-refractivity contribution is -0.384. The average molecular weight is 289 g/mol. The summed E-state index contributed by atoms with van der Waals surface area (Å²) in [6.45, 7) is 2.86. The minimum Gasteiger partial charge on any atom is -0.490 e. The van der Waals surface area contributed by atoms with Crippen molar-refractivity contribution in [2.75, 3.05) is 6.54 Å². The minimum absolute atomic E-state index is 0.0150. The standard InChI is InChI=1S/C15H19N3O3/c1-2-8-17-15(11-16)7-6-14(10-15)21-13-5-3-4-12(9-13)18(19)20/h3-5,9,14,17H,2,6-8,10H2,1H3. The predicted molar refractivity (Wildman–Crippen MR) is 78.0 cm³/mol. The van der Waals surface area contributed by atoms with E-state index in [2.05, 4.69) is 18.3 Å². The van der Waals surface area contributed by atoms with Crippen molar-refractivity contribution >= 4 is 5.69 Å². The lowest BCUT2D eigenvalue weighted by atomic mass is 9.99. The van der Waals surface area contributed by atoms with Crippen LogP contribution in [-0.4, -0.2) is 23.1 Å². The molecule has 0 radical (unpaired) electrons. The zero-order chi connectivity index (χ0) is 15.3. The fourth-order valence-corrected chi connectivity index (χ4v) is 2.63. The number of nitriles is 1. The van der Waals surface area contributed by atoms with Crippen LogP contribution in [0.5, 0.6) is 5.75 Å². The van der Waals surface area contributed by atoms with Crippen LogP contribution in [0.3, 0.4) is 0 Å². The van der Waals surface area contributed by atoms with E-state index in [1.807, 2.05) is 0 Å². The van der Waals surface area contributed by atoms with Crippen molar-refractivity contribution in [2.45, 2.75) is 44.2 Å². The van der Waals surface area contributed by atoms with Crippen LogP contribution in [-0.2, 0) is 0 Å². The molecule has 1 aliphatic rings. The third-order valence-corrected chi connectivity index (χ3v) is 3.73. The Morgan fingerprint density at radius 2 is 2.43 bits per heavy atom. The van der Waals surface area contributed by atoms with Crippen LogP contribution in [0.1, 0.15) is 32.6 Å². The second-order valence-corrected chi connectivity index (χ2v) is 5.36. The van der Waals surface area contributed by atoms with Gasteiger partial charge in [-0.1, -0.05) is 13.0 Å². The summed E-state index contributed by atoms with van der Waals surface area (Å²) in [7, 11) is 0. The summed E-state index contributed by atoms with van der Waals surface area (Å²) in [5, 5.41) is 23.4. The van der Waals surface area contributed by atoms with E-state index in [-0.39, 0.29) is 11.8 Å². The fraction of sp³-hybridized carbons (Fsp3) is 0.533. The molecule has 0 spiro atoms. The zero-order valence-corrected chi connectivity index (χ0v) is 12.0. The molecular weight excluding hydrogens is 270 g/mol. The van der Waals surface area contributed by atoms with E-state index in [9.17, 15) is 15.4 Å². The second-order valence-electron chi connectivity index (χ2n) is 5.36. The maximum absolute atomic E-state index is 10.8. The molecule has 2 unspecified atom stereocenters. The number of benzene rings is 1. The first-order valence-corrected chi connectivity index (χ1v) is 7.16. The number of nitro benzene ring substituents is 1. The van der Waals surface area contributed by atoms with Crippen LogP contribution >= 0.6 is 0 Å². The molecule has 6 nitrogen and oxygen atoms in total. The fourth-order valence-electron chi connectivity index (χ4n) is 2.63. The number of hydrogen-bond acceptors (Lipinski definition) is 5. The van der Waals surface area contributed by atoms with Gasteiger partial charge in [-0.3, -0.25) is 15.4 Å². The van der Waals surface area contributed by atoms with Crippen LogP contribution in [0, 0.1) is 21.4 Å². The minimum atomic E-state index is -0.526. The largest absolute Gasteiger partial charge is 0.490 e. The first-order valence-electron chi connectivity index (χ1n) is 7.16. The molecule has 6 heteroatoms. The summed E-state index contributed by atoms with van der Waals surface area (Å²) in [6.07, 6.45) is 3.00. The SMILES string of the molecule is CCCNC1(C#N)CCC(Oc2cccc([N+](=O)[O-])c2)C1. The molecule has 1 fully saturated rings. The molecule has 0 heterocycles. The molecule has 0 amide bonds. The summed E-state index contributed by atoms with van der Waals surface area (Å²) < 4.78 is 5.81. The van der Waals surface area contributed by atoms with Gasteiger partial charge in [-0.25, -0.2) is 0 Å². The Morgan fingerprint density at radius 3 is 3.10 bits per heavy atom. The zero-order valence-electron chi connectivity index (χ0n) is 12.0. The Labute approximate surface area is 123 Å². The Kier molecular flexibility index (Phi) is 4.76. The van der Waals surface area contributed by atoms with Gasteiger partial charge in [0.15, 0.2) is 0 Å². The van der Waals surface area contributed by atoms with Gasteiger partial charge in [-0.2, -0.15) is 5.26 Å².